The minimum Gasteiger partial charge on any atom is -0.314 e. The minimum atomic E-state index is 0.352. The molecule has 0 aromatic heterocycles. The Morgan fingerprint density at radius 3 is 2.11 bits per heavy atom. The van der Waals surface area contributed by atoms with Crippen molar-refractivity contribution in [3.05, 3.63) is 34.9 Å². The molecule has 0 radical (unpaired) electrons. The van der Waals surface area contributed by atoms with Crippen molar-refractivity contribution in [2.75, 3.05) is 6.54 Å². The SMILES string of the molecule is CCC(C)(CNC(C)C)Cc1cc(C)cc(C)c1. The Balaban J connectivity index is 2.77. The van der Waals surface area contributed by atoms with Gasteiger partial charge in [0.15, 0.2) is 0 Å². The fraction of sp³-hybridized carbons (Fsp3) is 0.647. The van der Waals surface area contributed by atoms with Crippen LogP contribution in [-0.4, -0.2) is 12.6 Å². The Kier molecular flexibility index (Phi) is 5.40. The zero-order valence-electron chi connectivity index (χ0n) is 12.9. The van der Waals surface area contributed by atoms with Crippen LogP contribution in [0, 0.1) is 19.3 Å². The van der Waals surface area contributed by atoms with E-state index in [2.05, 4.69) is 65.1 Å². The highest BCUT2D eigenvalue weighted by molar-refractivity contribution is 5.29. The average Bonchev–Trinajstić information content (AvgIpc) is 2.25. The summed E-state index contributed by atoms with van der Waals surface area (Å²) in [6.07, 6.45) is 2.37. The van der Waals surface area contributed by atoms with E-state index in [1.165, 1.54) is 23.1 Å². The maximum absolute atomic E-state index is 3.59. The second kappa shape index (κ2) is 6.38. The predicted molar refractivity (Wildman–Crippen MR) is 81.2 cm³/mol. The van der Waals surface area contributed by atoms with Gasteiger partial charge in [0.25, 0.3) is 0 Å². The van der Waals surface area contributed by atoms with Gasteiger partial charge in [-0.2, -0.15) is 0 Å². The molecule has 0 bridgehead atoms. The minimum absolute atomic E-state index is 0.352. The first-order valence-electron chi connectivity index (χ1n) is 7.15. The lowest BCUT2D eigenvalue weighted by molar-refractivity contribution is 0.281. The van der Waals surface area contributed by atoms with Gasteiger partial charge in [-0.25, -0.2) is 0 Å². The molecule has 1 aromatic carbocycles. The van der Waals surface area contributed by atoms with Crippen molar-refractivity contribution >= 4 is 0 Å². The van der Waals surface area contributed by atoms with Crippen LogP contribution in [-0.2, 0) is 6.42 Å². The van der Waals surface area contributed by atoms with Crippen molar-refractivity contribution in [3.8, 4) is 0 Å². The zero-order chi connectivity index (χ0) is 13.8. The molecule has 18 heavy (non-hydrogen) atoms. The Morgan fingerprint density at radius 2 is 1.67 bits per heavy atom. The Labute approximate surface area is 113 Å². The highest BCUT2D eigenvalue weighted by Crippen LogP contribution is 2.26. The Hall–Kier alpha value is -0.820. The molecule has 1 nitrogen and oxygen atoms in total. The van der Waals surface area contributed by atoms with Gasteiger partial charge in [-0.3, -0.25) is 0 Å². The Morgan fingerprint density at radius 1 is 1.11 bits per heavy atom. The summed E-state index contributed by atoms with van der Waals surface area (Å²) in [5.74, 6) is 0. The van der Waals surface area contributed by atoms with Crippen molar-refractivity contribution in [1.82, 2.24) is 5.32 Å². The number of benzene rings is 1. The van der Waals surface area contributed by atoms with Gasteiger partial charge in [-0.15, -0.1) is 0 Å². The van der Waals surface area contributed by atoms with E-state index >= 15 is 0 Å². The number of hydrogen-bond donors (Lipinski definition) is 1. The fourth-order valence-electron chi connectivity index (χ4n) is 2.43. The van der Waals surface area contributed by atoms with E-state index in [4.69, 9.17) is 0 Å². The fourth-order valence-corrected chi connectivity index (χ4v) is 2.43. The number of nitrogens with one attached hydrogen (secondary N) is 1. The topological polar surface area (TPSA) is 12.0 Å². The maximum atomic E-state index is 3.59. The first-order chi connectivity index (χ1) is 8.34. The Bertz CT molecular complexity index is 361. The summed E-state index contributed by atoms with van der Waals surface area (Å²) < 4.78 is 0. The van der Waals surface area contributed by atoms with E-state index in [-0.39, 0.29) is 0 Å². The molecule has 102 valence electrons. The molecule has 1 N–H and O–H groups in total. The second-order valence-electron chi connectivity index (χ2n) is 6.37. The van der Waals surface area contributed by atoms with Gasteiger partial charge < -0.3 is 5.32 Å². The number of hydrogen-bond acceptors (Lipinski definition) is 1. The van der Waals surface area contributed by atoms with E-state index in [0.717, 1.165) is 13.0 Å². The van der Waals surface area contributed by atoms with Gasteiger partial charge in [0, 0.05) is 12.6 Å². The monoisotopic (exact) mass is 247 g/mol. The van der Waals surface area contributed by atoms with E-state index < -0.39 is 0 Å². The van der Waals surface area contributed by atoms with Crippen LogP contribution < -0.4 is 5.32 Å². The van der Waals surface area contributed by atoms with E-state index in [0.29, 0.717) is 11.5 Å². The number of aryl methyl sites for hydroxylation is 2. The van der Waals surface area contributed by atoms with Crippen molar-refractivity contribution in [3.63, 3.8) is 0 Å². The van der Waals surface area contributed by atoms with Gasteiger partial charge in [0.05, 0.1) is 0 Å². The summed E-state index contributed by atoms with van der Waals surface area (Å²) in [4.78, 5) is 0. The van der Waals surface area contributed by atoms with Gasteiger partial charge in [-0.1, -0.05) is 57.0 Å². The van der Waals surface area contributed by atoms with E-state index in [9.17, 15) is 0 Å². The van der Waals surface area contributed by atoms with Gasteiger partial charge in [-0.05, 0) is 37.7 Å². The van der Waals surface area contributed by atoms with Gasteiger partial charge >= 0.3 is 0 Å². The smallest absolute Gasteiger partial charge is 0.00106 e. The third kappa shape index (κ3) is 4.81. The first-order valence-corrected chi connectivity index (χ1v) is 7.15. The first kappa shape index (κ1) is 15.2. The van der Waals surface area contributed by atoms with E-state index in [1.54, 1.807) is 0 Å². The highest BCUT2D eigenvalue weighted by Gasteiger charge is 2.22. The lowest BCUT2D eigenvalue weighted by Gasteiger charge is -2.30. The van der Waals surface area contributed by atoms with Gasteiger partial charge in [0.1, 0.15) is 0 Å². The largest absolute Gasteiger partial charge is 0.314 e. The molecule has 0 saturated heterocycles. The molecule has 0 amide bonds. The standard InChI is InChI=1S/C17H29N/c1-7-17(6,12-18-13(2)3)11-16-9-14(4)8-15(5)10-16/h8-10,13,18H,7,11-12H2,1-6H3. The summed E-state index contributed by atoms with van der Waals surface area (Å²) in [5, 5.41) is 3.59. The molecule has 0 aliphatic carbocycles. The third-order valence-electron chi connectivity index (χ3n) is 3.70. The molecule has 0 spiro atoms. The van der Waals surface area contributed by atoms with Crippen LogP contribution in [0.25, 0.3) is 0 Å². The van der Waals surface area contributed by atoms with Crippen LogP contribution in [0.4, 0.5) is 0 Å². The summed E-state index contributed by atoms with van der Waals surface area (Å²) in [5.41, 5.74) is 4.58. The molecule has 0 heterocycles. The third-order valence-corrected chi connectivity index (χ3v) is 3.70. The maximum Gasteiger partial charge on any atom is 0.00106 e. The molecule has 1 rings (SSSR count). The number of rotatable bonds is 6. The molecule has 0 aliphatic heterocycles. The van der Waals surface area contributed by atoms with Crippen molar-refractivity contribution in [2.45, 2.75) is 60.4 Å². The molecule has 1 aromatic rings. The summed E-state index contributed by atoms with van der Waals surface area (Å²) in [6, 6.07) is 7.47. The van der Waals surface area contributed by atoms with Crippen LogP contribution in [0.5, 0.6) is 0 Å². The molecule has 0 aliphatic rings. The molecular formula is C17H29N. The summed E-state index contributed by atoms with van der Waals surface area (Å²) >= 11 is 0. The lowest BCUT2D eigenvalue weighted by Crippen LogP contribution is -2.36. The van der Waals surface area contributed by atoms with Crippen LogP contribution in [0.3, 0.4) is 0 Å². The lowest BCUT2D eigenvalue weighted by atomic mass is 9.80. The van der Waals surface area contributed by atoms with Crippen molar-refractivity contribution in [1.29, 1.82) is 0 Å². The zero-order valence-corrected chi connectivity index (χ0v) is 12.9. The van der Waals surface area contributed by atoms with Crippen molar-refractivity contribution in [2.24, 2.45) is 5.41 Å². The normalized spacial score (nSPS) is 14.8. The van der Waals surface area contributed by atoms with Crippen molar-refractivity contribution < 1.29 is 0 Å². The molecular weight excluding hydrogens is 218 g/mol. The summed E-state index contributed by atoms with van der Waals surface area (Å²) in [7, 11) is 0. The van der Waals surface area contributed by atoms with Crippen LogP contribution in [0.2, 0.25) is 0 Å². The molecule has 1 atom stereocenters. The molecule has 0 fully saturated rings. The average molecular weight is 247 g/mol. The quantitative estimate of drug-likeness (QED) is 0.792. The molecule has 0 saturated carbocycles. The summed E-state index contributed by atoms with van der Waals surface area (Å²) in [6.45, 7) is 14.6. The molecule has 1 unspecified atom stereocenters. The van der Waals surface area contributed by atoms with Crippen LogP contribution in [0.1, 0.15) is 50.8 Å². The molecule has 1 heteroatoms. The van der Waals surface area contributed by atoms with E-state index in [1.807, 2.05) is 0 Å². The predicted octanol–water partition coefficient (Wildman–Crippen LogP) is 4.26. The van der Waals surface area contributed by atoms with Gasteiger partial charge in [0.2, 0.25) is 0 Å². The highest BCUT2D eigenvalue weighted by atomic mass is 14.9. The second-order valence-corrected chi connectivity index (χ2v) is 6.37. The van der Waals surface area contributed by atoms with Crippen LogP contribution in [0.15, 0.2) is 18.2 Å². The van der Waals surface area contributed by atoms with Crippen LogP contribution >= 0.6 is 0 Å².